The van der Waals surface area contributed by atoms with E-state index in [-0.39, 0.29) is 0 Å². The van der Waals surface area contributed by atoms with Gasteiger partial charge in [-0.1, -0.05) is 176 Å². The van der Waals surface area contributed by atoms with E-state index in [1.165, 1.54) is 55.3 Å². The zero-order valence-electron chi connectivity index (χ0n) is 32.0. The Morgan fingerprint density at radius 3 is 1.41 bits per heavy atom. The highest BCUT2D eigenvalue weighted by atomic mass is 14.9. The topological polar surface area (TPSA) is 38.7 Å². The van der Waals surface area contributed by atoms with Gasteiger partial charge in [-0.3, -0.25) is 4.98 Å². The molecule has 0 atom stereocenters. The van der Waals surface area contributed by atoms with Crippen LogP contribution in [0.25, 0.3) is 89.2 Å². The van der Waals surface area contributed by atoms with Gasteiger partial charge in [0.2, 0.25) is 0 Å². The Morgan fingerprint density at radius 2 is 0.797 bits per heavy atom. The van der Waals surface area contributed by atoms with Crippen LogP contribution in [0.5, 0.6) is 0 Å². The number of hydrogen-bond acceptors (Lipinski definition) is 3. The lowest BCUT2D eigenvalue weighted by atomic mass is 9.70. The summed E-state index contributed by atoms with van der Waals surface area (Å²) in [7, 11) is 0. The molecule has 2 heterocycles. The lowest BCUT2D eigenvalue weighted by Gasteiger charge is -2.30. The van der Waals surface area contributed by atoms with Crippen LogP contribution in [0.1, 0.15) is 22.3 Å². The zero-order valence-corrected chi connectivity index (χ0v) is 32.0. The third kappa shape index (κ3) is 5.18. The van der Waals surface area contributed by atoms with Crippen molar-refractivity contribution in [3.63, 3.8) is 0 Å². The fourth-order valence-electron chi connectivity index (χ4n) is 9.68. The van der Waals surface area contributed by atoms with Gasteiger partial charge in [0.15, 0.2) is 5.82 Å². The second-order valence-electron chi connectivity index (χ2n) is 15.6. The first-order valence-electron chi connectivity index (χ1n) is 20.2. The SMILES string of the molecule is c1cncc(-c2ccc(-c3ccc(-c4cc(-c5ccc6ccccc6c5)nc(-c5ccc6c(c5)C5(c7ccccc7-c7ccccc75)c5ccccc5-6)n4)cc3)cc2)c1. The Morgan fingerprint density at radius 1 is 0.305 bits per heavy atom. The Kier molecular flexibility index (Phi) is 7.45. The molecule has 0 saturated heterocycles. The molecule has 0 unspecified atom stereocenters. The van der Waals surface area contributed by atoms with Gasteiger partial charge in [-0.05, 0) is 102 Å². The number of benzene rings is 8. The van der Waals surface area contributed by atoms with Gasteiger partial charge < -0.3 is 0 Å². The van der Waals surface area contributed by atoms with E-state index in [0.29, 0.717) is 5.82 Å². The van der Waals surface area contributed by atoms with Gasteiger partial charge in [0, 0.05) is 29.1 Å². The van der Waals surface area contributed by atoms with Crippen molar-refractivity contribution in [3.8, 4) is 78.4 Å². The van der Waals surface area contributed by atoms with E-state index in [4.69, 9.17) is 9.97 Å². The van der Waals surface area contributed by atoms with Crippen molar-refractivity contribution in [1.29, 1.82) is 0 Å². The van der Waals surface area contributed by atoms with Gasteiger partial charge in [0.05, 0.1) is 16.8 Å². The van der Waals surface area contributed by atoms with E-state index < -0.39 is 5.41 Å². The number of fused-ring (bicyclic) bond motifs is 11. The summed E-state index contributed by atoms with van der Waals surface area (Å²) in [6.45, 7) is 0. The second-order valence-corrected chi connectivity index (χ2v) is 15.6. The van der Waals surface area contributed by atoms with Gasteiger partial charge in [-0.25, -0.2) is 9.97 Å². The molecule has 0 bridgehead atoms. The Bertz CT molecular complexity index is 3190. The first-order chi connectivity index (χ1) is 29.2. The zero-order chi connectivity index (χ0) is 38.9. The molecule has 2 aromatic heterocycles. The van der Waals surface area contributed by atoms with Crippen LogP contribution in [0, 0.1) is 0 Å². The largest absolute Gasteiger partial charge is 0.264 e. The first-order valence-corrected chi connectivity index (χ1v) is 20.2. The van der Waals surface area contributed by atoms with Gasteiger partial charge in [0.1, 0.15) is 0 Å². The molecule has 0 fully saturated rings. The second kappa shape index (κ2) is 13.2. The summed E-state index contributed by atoms with van der Waals surface area (Å²) in [6.07, 6.45) is 3.71. The van der Waals surface area contributed by atoms with Gasteiger partial charge in [-0.15, -0.1) is 0 Å². The number of rotatable bonds is 5. The molecule has 3 nitrogen and oxygen atoms in total. The predicted molar refractivity (Wildman–Crippen MR) is 241 cm³/mol. The van der Waals surface area contributed by atoms with Crippen molar-refractivity contribution in [2.75, 3.05) is 0 Å². The maximum Gasteiger partial charge on any atom is 0.160 e. The fraction of sp³-hybridized carbons (Fsp3) is 0.0179. The highest BCUT2D eigenvalue weighted by Gasteiger charge is 2.51. The first kappa shape index (κ1) is 33.4. The highest BCUT2D eigenvalue weighted by Crippen LogP contribution is 2.63. The quantitative estimate of drug-likeness (QED) is 0.176. The minimum atomic E-state index is -0.445. The molecule has 0 radical (unpaired) electrons. The van der Waals surface area contributed by atoms with Crippen LogP contribution >= 0.6 is 0 Å². The predicted octanol–water partition coefficient (Wildman–Crippen LogP) is 13.7. The molecule has 59 heavy (non-hydrogen) atoms. The van der Waals surface area contributed by atoms with Crippen molar-refractivity contribution in [2.45, 2.75) is 5.41 Å². The Labute approximate surface area is 343 Å². The van der Waals surface area contributed by atoms with Crippen molar-refractivity contribution >= 4 is 10.8 Å². The lowest BCUT2D eigenvalue weighted by molar-refractivity contribution is 0.794. The molecular weight excluding hydrogens is 715 g/mol. The van der Waals surface area contributed by atoms with Crippen LogP contribution in [-0.4, -0.2) is 15.0 Å². The van der Waals surface area contributed by atoms with Crippen molar-refractivity contribution in [1.82, 2.24) is 15.0 Å². The van der Waals surface area contributed by atoms with Crippen LogP contribution in [0.15, 0.2) is 213 Å². The summed E-state index contributed by atoms with van der Waals surface area (Å²) in [6, 6.07) is 72.4. The van der Waals surface area contributed by atoms with Crippen molar-refractivity contribution in [3.05, 3.63) is 235 Å². The number of pyridine rings is 1. The van der Waals surface area contributed by atoms with Crippen LogP contribution < -0.4 is 0 Å². The van der Waals surface area contributed by atoms with Crippen molar-refractivity contribution < 1.29 is 0 Å². The molecule has 2 aliphatic carbocycles. The van der Waals surface area contributed by atoms with Gasteiger partial charge >= 0.3 is 0 Å². The smallest absolute Gasteiger partial charge is 0.160 e. The Balaban J connectivity index is 1.01. The summed E-state index contributed by atoms with van der Waals surface area (Å²) in [5.41, 5.74) is 19.3. The molecule has 1 spiro atoms. The number of hydrogen-bond donors (Lipinski definition) is 0. The molecule has 0 aliphatic heterocycles. The third-order valence-corrected chi connectivity index (χ3v) is 12.4. The van der Waals surface area contributed by atoms with E-state index in [9.17, 15) is 0 Å². The molecule has 0 saturated carbocycles. The van der Waals surface area contributed by atoms with Crippen LogP contribution in [-0.2, 0) is 5.41 Å². The molecule has 0 amide bonds. The summed E-state index contributed by atoms with van der Waals surface area (Å²) in [4.78, 5) is 15.0. The molecular formula is C56H35N3. The number of aromatic nitrogens is 3. The van der Waals surface area contributed by atoms with Gasteiger partial charge in [-0.2, -0.15) is 0 Å². The normalized spacial score (nSPS) is 12.9. The minimum absolute atomic E-state index is 0.445. The van der Waals surface area contributed by atoms with E-state index >= 15 is 0 Å². The molecule has 8 aromatic carbocycles. The van der Waals surface area contributed by atoms with Gasteiger partial charge in [0.25, 0.3) is 0 Å². The lowest BCUT2D eigenvalue weighted by Crippen LogP contribution is -2.25. The molecule has 2 aliphatic rings. The molecule has 274 valence electrons. The van der Waals surface area contributed by atoms with E-state index in [2.05, 4.69) is 199 Å². The van der Waals surface area contributed by atoms with E-state index in [1.807, 2.05) is 12.3 Å². The Hall–Kier alpha value is -7.75. The van der Waals surface area contributed by atoms with Crippen LogP contribution in [0.3, 0.4) is 0 Å². The minimum Gasteiger partial charge on any atom is -0.264 e. The maximum atomic E-state index is 5.37. The standard InChI is InChI=1S/C56H35N3/c1-2-11-41-32-42(28-25-36(41)10-1)54-34-53(40-26-23-38(24-27-40)37-19-21-39(22-20-37)44-12-9-31-57-35-44)58-55(59-54)43-29-30-48-47-15-5-8-18-51(47)56(52(48)33-43)49-16-6-3-13-45(49)46-14-4-7-17-50(46)56/h1-35H. The summed E-state index contributed by atoms with van der Waals surface area (Å²) in [5.74, 6) is 0.703. The average molecular weight is 750 g/mol. The maximum absolute atomic E-state index is 5.37. The third-order valence-electron chi connectivity index (χ3n) is 12.4. The van der Waals surface area contributed by atoms with Crippen molar-refractivity contribution in [2.24, 2.45) is 0 Å². The average Bonchev–Trinajstić information content (AvgIpc) is 3.79. The molecule has 10 aromatic rings. The van der Waals surface area contributed by atoms with Crippen LogP contribution in [0.2, 0.25) is 0 Å². The summed E-state index contributed by atoms with van der Waals surface area (Å²) < 4.78 is 0. The monoisotopic (exact) mass is 749 g/mol. The fourth-order valence-corrected chi connectivity index (χ4v) is 9.68. The number of nitrogens with zero attached hydrogens (tertiary/aromatic N) is 3. The molecule has 3 heteroatoms. The van der Waals surface area contributed by atoms with Crippen LogP contribution in [0.4, 0.5) is 0 Å². The molecule has 0 N–H and O–H groups in total. The summed E-state index contributed by atoms with van der Waals surface area (Å²) >= 11 is 0. The molecule has 12 rings (SSSR count). The highest BCUT2D eigenvalue weighted by molar-refractivity contribution is 5.96. The van der Waals surface area contributed by atoms with E-state index in [1.54, 1.807) is 6.20 Å². The summed E-state index contributed by atoms with van der Waals surface area (Å²) in [5, 5.41) is 2.39. The van der Waals surface area contributed by atoms with E-state index in [0.717, 1.165) is 50.3 Å².